The topological polar surface area (TPSA) is 58.0 Å². The Balaban J connectivity index is 1.69. The van der Waals surface area contributed by atoms with Gasteiger partial charge in [-0.2, -0.15) is 0 Å². The molecule has 0 saturated heterocycles. The maximum atomic E-state index is 13.4. The highest BCUT2D eigenvalue weighted by Gasteiger charge is 2.22. The summed E-state index contributed by atoms with van der Waals surface area (Å²) in [6, 6.07) is 19.2. The van der Waals surface area contributed by atoms with Gasteiger partial charge in [0.25, 0.3) is 5.91 Å². The van der Waals surface area contributed by atoms with Crippen LogP contribution in [0.15, 0.2) is 65.8 Å². The van der Waals surface area contributed by atoms with Gasteiger partial charge in [0.2, 0.25) is 0 Å². The predicted molar refractivity (Wildman–Crippen MR) is 118 cm³/mol. The number of aromatic nitrogens is 1. The molecule has 151 valence electrons. The standard InChI is InChI=1S/C23H20ClN4O2/c1-27-14-13-25-22(27)16-3-5-17(6-4-16)23(29)28(21-12-7-18(24)15-26-21)19-8-10-20(30-2)11-9-19/h3-8,10-12,15H,13-14H2,1-2H3. The molecule has 7 heteroatoms. The highest BCUT2D eigenvalue weighted by Crippen LogP contribution is 2.28. The van der Waals surface area contributed by atoms with Crippen LogP contribution in [0.3, 0.4) is 0 Å². The average Bonchev–Trinajstić information content (AvgIpc) is 3.21. The van der Waals surface area contributed by atoms with Crippen molar-refractivity contribution in [1.82, 2.24) is 9.88 Å². The zero-order chi connectivity index (χ0) is 21.1. The van der Waals surface area contributed by atoms with E-state index in [2.05, 4.69) is 20.9 Å². The SMILES string of the molecule is COc1c[c]c(N(C(=O)c2ccc(C3=NCCN3C)cc2)c2ccc(Cl)cn2)cc1. The number of carbonyl (C=O) groups excluding carboxylic acids is 1. The van der Waals surface area contributed by atoms with E-state index in [1.54, 1.807) is 49.6 Å². The largest absolute Gasteiger partial charge is 0.497 e. The number of amides is 1. The first-order valence-corrected chi connectivity index (χ1v) is 9.82. The van der Waals surface area contributed by atoms with Crippen LogP contribution in [0.2, 0.25) is 5.02 Å². The molecule has 0 spiro atoms. The molecule has 0 bridgehead atoms. The molecular formula is C23H20ClN4O2. The molecular weight excluding hydrogens is 400 g/mol. The molecule has 0 N–H and O–H groups in total. The van der Waals surface area contributed by atoms with Gasteiger partial charge in [-0.3, -0.25) is 14.7 Å². The quantitative estimate of drug-likeness (QED) is 0.621. The fourth-order valence-corrected chi connectivity index (χ4v) is 3.35. The number of hydrogen-bond acceptors (Lipinski definition) is 5. The summed E-state index contributed by atoms with van der Waals surface area (Å²) in [7, 11) is 3.60. The fraction of sp³-hybridized carbons (Fsp3) is 0.174. The smallest absolute Gasteiger partial charge is 0.264 e. The third-order valence-corrected chi connectivity index (χ3v) is 5.06. The van der Waals surface area contributed by atoms with E-state index >= 15 is 0 Å². The number of rotatable bonds is 5. The van der Waals surface area contributed by atoms with E-state index in [9.17, 15) is 4.79 Å². The van der Waals surface area contributed by atoms with E-state index < -0.39 is 0 Å². The number of amidine groups is 1. The van der Waals surface area contributed by atoms with Crippen LogP contribution in [0, 0.1) is 6.07 Å². The molecule has 3 aromatic rings. The summed E-state index contributed by atoms with van der Waals surface area (Å²) in [5, 5.41) is 0.496. The Kier molecular flexibility index (Phi) is 5.68. The molecule has 0 saturated carbocycles. The molecule has 0 fully saturated rings. The summed E-state index contributed by atoms with van der Waals surface area (Å²) < 4.78 is 5.20. The first kappa shape index (κ1) is 19.9. The van der Waals surface area contributed by atoms with Crippen molar-refractivity contribution in [3.05, 3.63) is 83.0 Å². The van der Waals surface area contributed by atoms with Gasteiger partial charge >= 0.3 is 0 Å². The van der Waals surface area contributed by atoms with Gasteiger partial charge in [-0.15, -0.1) is 0 Å². The number of carbonyl (C=O) groups is 1. The second-order valence-corrected chi connectivity index (χ2v) is 7.23. The number of anilines is 2. The molecule has 1 radical (unpaired) electrons. The zero-order valence-electron chi connectivity index (χ0n) is 16.7. The van der Waals surface area contributed by atoms with Crippen molar-refractivity contribution < 1.29 is 9.53 Å². The third kappa shape index (κ3) is 4.00. The van der Waals surface area contributed by atoms with Crippen molar-refractivity contribution >= 4 is 34.8 Å². The second kappa shape index (κ2) is 8.55. The number of pyridine rings is 1. The third-order valence-electron chi connectivity index (χ3n) is 4.84. The number of likely N-dealkylation sites (N-methyl/N-ethyl adjacent to an activating group) is 1. The Bertz CT molecular complexity index is 1060. The number of ether oxygens (including phenoxy) is 1. The molecule has 1 amide bonds. The van der Waals surface area contributed by atoms with Crippen molar-refractivity contribution in [2.45, 2.75) is 0 Å². The van der Waals surface area contributed by atoms with Gasteiger partial charge in [0.1, 0.15) is 17.4 Å². The van der Waals surface area contributed by atoms with Crippen molar-refractivity contribution in [3.8, 4) is 5.75 Å². The van der Waals surface area contributed by atoms with Crippen molar-refractivity contribution in [1.29, 1.82) is 0 Å². The maximum absolute atomic E-state index is 13.4. The van der Waals surface area contributed by atoms with Gasteiger partial charge < -0.3 is 9.64 Å². The number of hydrogen-bond donors (Lipinski definition) is 0. The zero-order valence-corrected chi connectivity index (χ0v) is 17.4. The molecule has 6 nitrogen and oxygen atoms in total. The summed E-state index contributed by atoms with van der Waals surface area (Å²) in [4.78, 5) is 25.9. The van der Waals surface area contributed by atoms with Gasteiger partial charge in [-0.05, 0) is 42.5 Å². The summed E-state index contributed by atoms with van der Waals surface area (Å²) in [5.74, 6) is 1.82. The molecule has 0 unspecified atom stereocenters. The van der Waals surface area contributed by atoms with Crippen LogP contribution in [-0.2, 0) is 0 Å². The summed E-state index contributed by atoms with van der Waals surface area (Å²) in [6.45, 7) is 1.69. The highest BCUT2D eigenvalue weighted by molar-refractivity contribution is 6.30. The van der Waals surface area contributed by atoms with Crippen LogP contribution in [0.1, 0.15) is 15.9 Å². The molecule has 1 aliphatic rings. The Morgan fingerprint density at radius 1 is 1.17 bits per heavy atom. The maximum Gasteiger partial charge on any atom is 0.264 e. The van der Waals surface area contributed by atoms with Gasteiger partial charge in [0.15, 0.2) is 0 Å². The van der Waals surface area contributed by atoms with Gasteiger partial charge in [0, 0.05) is 37.0 Å². The van der Waals surface area contributed by atoms with Crippen LogP contribution in [0.25, 0.3) is 0 Å². The van der Waals surface area contributed by atoms with Crippen molar-refractivity contribution in [2.24, 2.45) is 4.99 Å². The van der Waals surface area contributed by atoms with Crippen LogP contribution in [-0.4, -0.2) is 48.9 Å². The van der Waals surface area contributed by atoms with E-state index in [-0.39, 0.29) is 5.91 Å². The lowest BCUT2D eigenvalue weighted by Crippen LogP contribution is -2.27. The van der Waals surface area contributed by atoms with Crippen molar-refractivity contribution in [2.75, 3.05) is 32.1 Å². The lowest BCUT2D eigenvalue weighted by molar-refractivity contribution is 0.0998. The van der Waals surface area contributed by atoms with E-state index in [0.29, 0.717) is 27.8 Å². The molecule has 0 atom stereocenters. The number of benzene rings is 2. The lowest BCUT2D eigenvalue weighted by atomic mass is 10.1. The monoisotopic (exact) mass is 419 g/mol. The lowest BCUT2D eigenvalue weighted by Gasteiger charge is -2.22. The van der Waals surface area contributed by atoms with E-state index in [0.717, 1.165) is 24.5 Å². The van der Waals surface area contributed by atoms with E-state index in [1.807, 2.05) is 19.2 Å². The molecule has 2 heterocycles. The highest BCUT2D eigenvalue weighted by atomic mass is 35.5. The van der Waals surface area contributed by atoms with E-state index in [4.69, 9.17) is 16.3 Å². The molecule has 2 aromatic carbocycles. The Labute approximate surface area is 180 Å². The number of halogens is 1. The normalized spacial score (nSPS) is 13.2. The first-order chi connectivity index (χ1) is 14.6. The second-order valence-electron chi connectivity index (χ2n) is 6.79. The Hall–Kier alpha value is -3.38. The summed E-state index contributed by atoms with van der Waals surface area (Å²) >= 11 is 5.98. The van der Waals surface area contributed by atoms with E-state index in [1.165, 1.54) is 11.1 Å². The molecule has 1 aromatic heterocycles. The average molecular weight is 420 g/mol. The van der Waals surface area contributed by atoms with Crippen LogP contribution in [0.4, 0.5) is 11.5 Å². The predicted octanol–water partition coefficient (Wildman–Crippen LogP) is 4.21. The van der Waals surface area contributed by atoms with Gasteiger partial charge in [0.05, 0.1) is 24.4 Å². The van der Waals surface area contributed by atoms with Crippen molar-refractivity contribution in [3.63, 3.8) is 0 Å². The number of methoxy groups -OCH3 is 1. The minimum atomic E-state index is -0.223. The number of aliphatic imine (C=N–C) groups is 1. The molecule has 1 aliphatic heterocycles. The molecule has 0 aliphatic carbocycles. The summed E-state index contributed by atoms with van der Waals surface area (Å²) in [5.41, 5.74) is 2.07. The van der Waals surface area contributed by atoms with Gasteiger partial charge in [-0.25, -0.2) is 4.98 Å². The molecule has 4 rings (SSSR count). The van der Waals surface area contributed by atoms with Crippen LogP contribution in [0.5, 0.6) is 5.75 Å². The minimum absolute atomic E-state index is 0.223. The fourth-order valence-electron chi connectivity index (χ4n) is 3.24. The van der Waals surface area contributed by atoms with Gasteiger partial charge in [-0.1, -0.05) is 23.7 Å². The van der Waals surface area contributed by atoms with Crippen LogP contribution >= 0.6 is 11.6 Å². The Morgan fingerprint density at radius 2 is 1.97 bits per heavy atom. The molecule has 30 heavy (non-hydrogen) atoms. The van der Waals surface area contributed by atoms with Crippen LogP contribution < -0.4 is 9.64 Å². The minimum Gasteiger partial charge on any atom is -0.497 e. The Morgan fingerprint density at radius 3 is 2.53 bits per heavy atom. The summed E-state index contributed by atoms with van der Waals surface area (Å²) in [6.07, 6.45) is 1.51. The number of nitrogens with zero attached hydrogens (tertiary/aromatic N) is 4. The first-order valence-electron chi connectivity index (χ1n) is 9.44.